The molecule has 0 unspecified atom stereocenters. The van der Waals surface area contributed by atoms with E-state index in [0.29, 0.717) is 0 Å². The van der Waals surface area contributed by atoms with Crippen LogP contribution >= 0.6 is 0 Å². The highest BCUT2D eigenvalue weighted by Crippen LogP contribution is 2.40. The highest BCUT2D eigenvalue weighted by Gasteiger charge is 2.17. The third-order valence-corrected chi connectivity index (χ3v) is 11.9. The van der Waals surface area contributed by atoms with Crippen LogP contribution in [0.1, 0.15) is 0 Å². The van der Waals surface area contributed by atoms with Crippen LogP contribution in [0.2, 0.25) is 0 Å². The molecule has 0 aliphatic heterocycles. The highest BCUT2D eigenvalue weighted by atomic mass is 15.0. The molecule has 0 saturated carbocycles. The Labute approximate surface area is 323 Å². The van der Waals surface area contributed by atoms with Crippen molar-refractivity contribution in [3.8, 4) is 33.6 Å². The molecule has 0 radical (unpaired) electrons. The first-order chi connectivity index (χ1) is 27.8. The topological polar surface area (TPSA) is 9.86 Å². The summed E-state index contributed by atoms with van der Waals surface area (Å²) in [6, 6.07) is 75.8. The van der Waals surface area contributed by atoms with Crippen molar-refractivity contribution in [3.63, 3.8) is 0 Å². The molecule has 10 aromatic carbocycles. The summed E-state index contributed by atoms with van der Waals surface area (Å²) in [5.74, 6) is 0. The summed E-state index contributed by atoms with van der Waals surface area (Å²) < 4.78 is 4.84. The lowest BCUT2D eigenvalue weighted by Gasteiger charge is -2.14. The van der Waals surface area contributed by atoms with E-state index in [1.54, 1.807) is 0 Å². The number of nitrogens with zero attached hydrogens (tertiary/aromatic N) is 2. The van der Waals surface area contributed by atoms with Gasteiger partial charge in [0.1, 0.15) is 0 Å². The zero-order valence-electron chi connectivity index (χ0n) is 30.5. The minimum atomic E-state index is 1.15. The van der Waals surface area contributed by atoms with Crippen molar-refractivity contribution in [2.45, 2.75) is 0 Å². The first-order valence-electron chi connectivity index (χ1n) is 19.3. The van der Waals surface area contributed by atoms with E-state index in [0.717, 1.165) is 5.69 Å². The van der Waals surface area contributed by atoms with Gasteiger partial charge in [-0.25, -0.2) is 0 Å². The molecule has 0 N–H and O–H groups in total. The number of para-hydroxylation sites is 3. The predicted molar refractivity (Wildman–Crippen MR) is 239 cm³/mol. The van der Waals surface area contributed by atoms with Crippen molar-refractivity contribution in [2.24, 2.45) is 0 Å². The second kappa shape index (κ2) is 12.0. The van der Waals surface area contributed by atoms with Crippen LogP contribution in [0.5, 0.6) is 0 Å². The van der Waals surface area contributed by atoms with Crippen LogP contribution in [0.25, 0.3) is 110 Å². The predicted octanol–water partition coefficient (Wildman–Crippen LogP) is 14.7. The molecule has 12 aromatic rings. The molecular formula is C54H34N2. The van der Waals surface area contributed by atoms with Crippen molar-refractivity contribution < 1.29 is 0 Å². The van der Waals surface area contributed by atoms with Crippen molar-refractivity contribution >= 4 is 75.9 Å². The molecule has 56 heavy (non-hydrogen) atoms. The Morgan fingerprint density at radius 2 is 0.571 bits per heavy atom. The van der Waals surface area contributed by atoms with Gasteiger partial charge in [0.2, 0.25) is 0 Å². The van der Waals surface area contributed by atoms with E-state index < -0.39 is 0 Å². The van der Waals surface area contributed by atoms with E-state index in [4.69, 9.17) is 0 Å². The van der Waals surface area contributed by atoms with E-state index in [2.05, 4.69) is 215 Å². The van der Waals surface area contributed by atoms with Gasteiger partial charge in [0.15, 0.2) is 0 Å². The van der Waals surface area contributed by atoms with Crippen LogP contribution in [-0.2, 0) is 0 Å². The smallest absolute Gasteiger partial charge is 0.0547 e. The summed E-state index contributed by atoms with van der Waals surface area (Å²) in [7, 11) is 0. The average molecular weight is 711 g/mol. The lowest BCUT2D eigenvalue weighted by atomic mass is 9.92. The fraction of sp³-hybridized carbons (Fsp3) is 0. The summed E-state index contributed by atoms with van der Waals surface area (Å²) in [6.07, 6.45) is 0. The highest BCUT2D eigenvalue weighted by molar-refractivity contribution is 6.25. The Balaban J connectivity index is 1.04. The molecule has 0 amide bonds. The maximum absolute atomic E-state index is 2.45. The second-order valence-corrected chi connectivity index (χ2v) is 14.9. The van der Waals surface area contributed by atoms with Gasteiger partial charge in [-0.1, -0.05) is 152 Å². The maximum atomic E-state index is 2.45. The molecule has 0 atom stereocenters. The van der Waals surface area contributed by atoms with Crippen molar-refractivity contribution in [1.29, 1.82) is 0 Å². The zero-order chi connectivity index (χ0) is 36.7. The molecule has 2 heteroatoms. The Bertz CT molecular complexity index is 3490. The fourth-order valence-electron chi connectivity index (χ4n) is 9.35. The molecule has 0 aliphatic carbocycles. The number of benzene rings is 10. The molecule has 2 nitrogen and oxygen atoms in total. The molecule has 2 aromatic heterocycles. The van der Waals surface area contributed by atoms with Crippen LogP contribution in [0.15, 0.2) is 206 Å². The minimum absolute atomic E-state index is 1.15. The van der Waals surface area contributed by atoms with Gasteiger partial charge in [-0.15, -0.1) is 0 Å². The quantitative estimate of drug-likeness (QED) is 0.161. The van der Waals surface area contributed by atoms with Crippen LogP contribution in [-0.4, -0.2) is 9.13 Å². The van der Waals surface area contributed by atoms with Gasteiger partial charge in [-0.2, -0.15) is 0 Å². The summed E-state index contributed by atoms with van der Waals surface area (Å²) >= 11 is 0. The number of hydrogen-bond donors (Lipinski definition) is 0. The normalized spacial score (nSPS) is 11.9. The summed E-state index contributed by atoms with van der Waals surface area (Å²) in [5.41, 5.74) is 11.9. The van der Waals surface area contributed by atoms with E-state index >= 15 is 0 Å². The number of rotatable bonds is 4. The standard InChI is InChI=1S/C54H34N2/c1-2-14-39(15-3-1)55-51-23-10-8-21-46(51)48-29-26-37(33-53(48)55)38-27-30-49-47-22-9-11-24-52(47)56(54(49)34-38)40-16-12-13-35(31-40)36-25-28-45-43-19-5-4-17-41(43)42-18-6-7-20-44(42)50(45)32-36/h1-34H. The van der Waals surface area contributed by atoms with Crippen molar-refractivity contribution in [3.05, 3.63) is 206 Å². The van der Waals surface area contributed by atoms with Gasteiger partial charge in [-0.05, 0) is 109 Å². The minimum Gasteiger partial charge on any atom is -0.309 e. The molecule has 0 aliphatic rings. The van der Waals surface area contributed by atoms with Gasteiger partial charge in [-0.3, -0.25) is 0 Å². The van der Waals surface area contributed by atoms with Gasteiger partial charge < -0.3 is 9.13 Å². The van der Waals surface area contributed by atoms with Crippen LogP contribution in [0.3, 0.4) is 0 Å². The molecule has 0 saturated heterocycles. The third-order valence-electron chi connectivity index (χ3n) is 11.9. The van der Waals surface area contributed by atoms with Crippen LogP contribution < -0.4 is 0 Å². The molecule has 12 rings (SSSR count). The van der Waals surface area contributed by atoms with E-state index in [1.165, 1.54) is 104 Å². The largest absolute Gasteiger partial charge is 0.309 e. The second-order valence-electron chi connectivity index (χ2n) is 14.9. The van der Waals surface area contributed by atoms with Gasteiger partial charge >= 0.3 is 0 Å². The molecule has 0 fully saturated rings. The molecular weight excluding hydrogens is 677 g/mol. The van der Waals surface area contributed by atoms with E-state index in [9.17, 15) is 0 Å². The van der Waals surface area contributed by atoms with Crippen LogP contribution in [0.4, 0.5) is 0 Å². The Hall–Kier alpha value is -7.42. The first-order valence-corrected chi connectivity index (χ1v) is 19.3. The van der Waals surface area contributed by atoms with Crippen LogP contribution in [0, 0.1) is 0 Å². The summed E-state index contributed by atoms with van der Waals surface area (Å²) in [6.45, 7) is 0. The lowest BCUT2D eigenvalue weighted by Crippen LogP contribution is -1.95. The molecule has 2 heterocycles. The first kappa shape index (κ1) is 31.0. The number of fused-ring (bicyclic) bond motifs is 12. The Kier molecular flexibility index (Phi) is 6.66. The summed E-state index contributed by atoms with van der Waals surface area (Å²) in [5, 5.41) is 12.8. The Morgan fingerprint density at radius 1 is 0.196 bits per heavy atom. The average Bonchev–Trinajstić information content (AvgIpc) is 3.79. The van der Waals surface area contributed by atoms with Gasteiger partial charge in [0.05, 0.1) is 22.1 Å². The van der Waals surface area contributed by atoms with Crippen molar-refractivity contribution in [1.82, 2.24) is 9.13 Å². The zero-order valence-corrected chi connectivity index (χ0v) is 30.5. The third kappa shape index (κ3) is 4.57. The summed E-state index contributed by atoms with van der Waals surface area (Å²) in [4.78, 5) is 0. The molecule has 0 bridgehead atoms. The van der Waals surface area contributed by atoms with E-state index in [-0.39, 0.29) is 0 Å². The molecule has 0 spiro atoms. The van der Waals surface area contributed by atoms with Gasteiger partial charge in [0, 0.05) is 32.9 Å². The fourth-order valence-corrected chi connectivity index (χ4v) is 9.35. The monoisotopic (exact) mass is 710 g/mol. The van der Waals surface area contributed by atoms with E-state index in [1.807, 2.05) is 0 Å². The van der Waals surface area contributed by atoms with Crippen molar-refractivity contribution in [2.75, 3.05) is 0 Å². The maximum Gasteiger partial charge on any atom is 0.0547 e. The lowest BCUT2D eigenvalue weighted by molar-refractivity contribution is 1.18. The van der Waals surface area contributed by atoms with Gasteiger partial charge in [0.25, 0.3) is 0 Å². The number of hydrogen-bond acceptors (Lipinski definition) is 0. The Morgan fingerprint density at radius 3 is 1.14 bits per heavy atom. The number of aromatic nitrogens is 2. The molecule has 260 valence electrons. The SMILES string of the molecule is c1ccc(-n2c3ccccc3c3ccc(-c4ccc5c6ccccc6n(-c6cccc(-c7ccc8c9ccccc9c9ccccc9c8c7)c6)c5c4)cc32)cc1.